The smallest absolute Gasteiger partial charge is 0.315 e. The van der Waals surface area contributed by atoms with Crippen molar-refractivity contribution in [3.8, 4) is 0 Å². The SMILES string of the molecule is O=C(CNC(=O)NCCCOCc1ccco1)Nc1ccc(F)c(F)c1F. The Bertz CT molecular complexity index is 769. The second kappa shape index (κ2) is 10.2. The van der Waals surface area contributed by atoms with E-state index in [0.717, 1.165) is 6.07 Å². The molecular weight excluding hydrogens is 367 g/mol. The molecule has 0 aliphatic rings. The van der Waals surface area contributed by atoms with Crippen molar-refractivity contribution in [2.24, 2.45) is 0 Å². The standard InChI is InChI=1S/C17H18F3N3O4/c18-12-4-5-13(16(20)15(12)19)23-14(24)9-22-17(25)21-6-2-7-26-10-11-3-1-8-27-11/h1,3-5,8H,2,6-7,9-10H2,(H,23,24)(H2,21,22,25). The molecule has 1 aromatic heterocycles. The quantitative estimate of drug-likeness (QED) is 0.457. The molecule has 1 aromatic carbocycles. The van der Waals surface area contributed by atoms with E-state index in [1.54, 1.807) is 18.4 Å². The van der Waals surface area contributed by atoms with Gasteiger partial charge in [-0.1, -0.05) is 0 Å². The topological polar surface area (TPSA) is 92.6 Å². The Morgan fingerprint density at radius 2 is 1.89 bits per heavy atom. The number of amides is 3. The number of carbonyl (C=O) groups is 2. The Balaban J connectivity index is 1.58. The highest BCUT2D eigenvalue weighted by Gasteiger charge is 2.15. The van der Waals surface area contributed by atoms with E-state index in [2.05, 4.69) is 10.6 Å². The van der Waals surface area contributed by atoms with Gasteiger partial charge in [-0.15, -0.1) is 0 Å². The average Bonchev–Trinajstić information content (AvgIpc) is 3.17. The maximum absolute atomic E-state index is 13.4. The van der Waals surface area contributed by atoms with Gasteiger partial charge < -0.3 is 25.1 Å². The van der Waals surface area contributed by atoms with Gasteiger partial charge in [0.1, 0.15) is 12.4 Å². The van der Waals surface area contributed by atoms with Gasteiger partial charge in [-0.2, -0.15) is 0 Å². The third-order valence-electron chi connectivity index (χ3n) is 3.29. The molecule has 1 heterocycles. The van der Waals surface area contributed by atoms with E-state index in [-0.39, 0.29) is 0 Å². The molecule has 10 heteroatoms. The normalized spacial score (nSPS) is 10.5. The van der Waals surface area contributed by atoms with Crippen LogP contribution in [-0.4, -0.2) is 31.6 Å². The first-order valence-electron chi connectivity index (χ1n) is 8.02. The second-order valence-corrected chi connectivity index (χ2v) is 5.37. The van der Waals surface area contributed by atoms with E-state index >= 15 is 0 Å². The molecule has 3 amide bonds. The lowest BCUT2D eigenvalue weighted by molar-refractivity contribution is -0.115. The lowest BCUT2D eigenvalue weighted by Crippen LogP contribution is -2.40. The molecular formula is C17H18F3N3O4. The first kappa shape index (κ1) is 20.3. The van der Waals surface area contributed by atoms with Crippen molar-refractivity contribution in [1.29, 1.82) is 0 Å². The van der Waals surface area contributed by atoms with Gasteiger partial charge in [-0.05, 0) is 30.7 Å². The Hall–Kier alpha value is -3.01. The zero-order valence-electron chi connectivity index (χ0n) is 14.2. The monoisotopic (exact) mass is 385 g/mol. The molecule has 2 aromatic rings. The van der Waals surface area contributed by atoms with Crippen LogP contribution in [0.25, 0.3) is 0 Å². The number of hydrogen-bond acceptors (Lipinski definition) is 4. The van der Waals surface area contributed by atoms with Gasteiger partial charge in [-0.25, -0.2) is 18.0 Å². The number of ether oxygens (including phenoxy) is 1. The molecule has 0 aliphatic carbocycles. The van der Waals surface area contributed by atoms with Gasteiger partial charge in [-0.3, -0.25) is 4.79 Å². The van der Waals surface area contributed by atoms with Crippen molar-refractivity contribution in [3.63, 3.8) is 0 Å². The van der Waals surface area contributed by atoms with Crippen LogP contribution in [0.5, 0.6) is 0 Å². The Morgan fingerprint density at radius 1 is 1.07 bits per heavy atom. The molecule has 0 spiro atoms. The maximum atomic E-state index is 13.4. The fraction of sp³-hybridized carbons (Fsp3) is 0.294. The minimum atomic E-state index is -1.69. The van der Waals surface area contributed by atoms with Crippen LogP contribution in [0.1, 0.15) is 12.2 Å². The number of nitrogens with one attached hydrogen (secondary N) is 3. The summed E-state index contributed by atoms with van der Waals surface area (Å²) in [6.07, 6.45) is 2.09. The van der Waals surface area contributed by atoms with E-state index in [9.17, 15) is 22.8 Å². The number of rotatable bonds is 9. The Morgan fingerprint density at radius 3 is 2.63 bits per heavy atom. The van der Waals surface area contributed by atoms with Crippen LogP contribution >= 0.6 is 0 Å². The second-order valence-electron chi connectivity index (χ2n) is 5.37. The minimum Gasteiger partial charge on any atom is -0.467 e. The summed E-state index contributed by atoms with van der Waals surface area (Å²) < 4.78 is 49.7. The van der Waals surface area contributed by atoms with Gasteiger partial charge >= 0.3 is 6.03 Å². The van der Waals surface area contributed by atoms with Gasteiger partial charge in [0.05, 0.1) is 18.5 Å². The fourth-order valence-electron chi connectivity index (χ4n) is 1.98. The highest BCUT2D eigenvalue weighted by molar-refractivity contribution is 5.94. The lowest BCUT2D eigenvalue weighted by Gasteiger charge is -2.09. The van der Waals surface area contributed by atoms with Gasteiger partial charge in [0.25, 0.3) is 0 Å². The van der Waals surface area contributed by atoms with Crippen molar-refractivity contribution in [3.05, 3.63) is 53.7 Å². The fourth-order valence-corrected chi connectivity index (χ4v) is 1.98. The molecule has 0 aliphatic heterocycles. The summed E-state index contributed by atoms with van der Waals surface area (Å²) in [6, 6.07) is 4.49. The van der Waals surface area contributed by atoms with Crippen molar-refractivity contribution < 1.29 is 31.9 Å². The summed E-state index contributed by atoms with van der Waals surface area (Å²) in [7, 11) is 0. The number of benzene rings is 1. The third-order valence-corrected chi connectivity index (χ3v) is 3.29. The number of carbonyl (C=O) groups excluding carboxylic acids is 2. The highest BCUT2D eigenvalue weighted by atomic mass is 19.2. The van der Waals surface area contributed by atoms with E-state index in [1.807, 2.05) is 5.32 Å². The van der Waals surface area contributed by atoms with Crippen molar-refractivity contribution in [2.45, 2.75) is 13.0 Å². The minimum absolute atomic E-state index is 0.309. The first-order chi connectivity index (χ1) is 13.0. The van der Waals surface area contributed by atoms with E-state index in [4.69, 9.17) is 9.15 Å². The molecule has 0 radical (unpaired) electrons. The van der Waals surface area contributed by atoms with Crippen molar-refractivity contribution in [1.82, 2.24) is 10.6 Å². The van der Waals surface area contributed by atoms with Crippen LogP contribution in [0, 0.1) is 17.5 Å². The zero-order chi connectivity index (χ0) is 19.6. The van der Waals surface area contributed by atoms with Gasteiger partial charge in [0.15, 0.2) is 17.5 Å². The summed E-state index contributed by atoms with van der Waals surface area (Å²) >= 11 is 0. The summed E-state index contributed by atoms with van der Waals surface area (Å²) in [5, 5.41) is 6.80. The number of hydrogen-bond donors (Lipinski definition) is 3. The largest absolute Gasteiger partial charge is 0.467 e. The van der Waals surface area contributed by atoms with E-state index in [1.165, 1.54) is 0 Å². The summed E-state index contributed by atoms with van der Waals surface area (Å²) in [5.74, 6) is -4.66. The third kappa shape index (κ3) is 6.66. The van der Waals surface area contributed by atoms with Crippen LogP contribution in [0.3, 0.4) is 0 Å². The molecule has 7 nitrogen and oxygen atoms in total. The predicted octanol–water partition coefficient (Wildman–Crippen LogP) is 2.54. The Kier molecular flexibility index (Phi) is 7.68. The van der Waals surface area contributed by atoms with Gasteiger partial charge in [0.2, 0.25) is 5.91 Å². The number of furan rings is 1. The summed E-state index contributed by atoms with van der Waals surface area (Å²) in [4.78, 5) is 23.2. The van der Waals surface area contributed by atoms with E-state index < -0.39 is 41.6 Å². The zero-order valence-corrected chi connectivity index (χ0v) is 14.2. The molecule has 0 saturated heterocycles. The van der Waals surface area contributed by atoms with Crippen LogP contribution in [-0.2, 0) is 16.1 Å². The number of anilines is 1. The van der Waals surface area contributed by atoms with E-state index in [0.29, 0.717) is 38.0 Å². The molecule has 27 heavy (non-hydrogen) atoms. The van der Waals surface area contributed by atoms with Crippen molar-refractivity contribution >= 4 is 17.6 Å². The van der Waals surface area contributed by atoms with Crippen LogP contribution < -0.4 is 16.0 Å². The highest BCUT2D eigenvalue weighted by Crippen LogP contribution is 2.19. The summed E-state index contributed by atoms with van der Waals surface area (Å²) in [6.45, 7) is 0.569. The first-order valence-corrected chi connectivity index (χ1v) is 8.02. The Labute approximate surface area is 152 Å². The number of urea groups is 1. The molecule has 146 valence electrons. The molecule has 0 unspecified atom stereocenters. The molecule has 0 atom stereocenters. The van der Waals surface area contributed by atoms with Crippen LogP contribution in [0.15, 0.2) is 34.9 Å². The molecule has 0 bridgehead atoms. The lowest BCUT2D eigenvalue weighted by atomic mass is 10.2. The predicted molar refractivity (Wildman–Crippen MR) is 89.3 cm³/mol. The van der Waals surface area contributed by atoms with Crippen LogP contribution in [0.2, 0.25) is 0 Å². The maximum Gasteiger partial charge on any atom is 0.315 e. The summed E-state index contributed by atoms with van der Waals surface area (Å²) in [5.41, 5.74) is -0.519. The average molecular weight is 385 g/mol. The molecule has 2 rings (SSSR count). The van der Waals surface area contributed by atoms with Crippen molar-refractivity contribution in [2.75, 3.05) is 25.0 Å². The molecule has 3 N–H and O–H groups in total. The van der Waals surface area contributed by atoms with Gasteiger partial charge in [0, 0.05) is 13.2 Å². The molecule has 0 saturated carbocycles. The van der Waals surface area contributed by atoms with Crippen LogP contribution in [0.4, 0.5) is 23.7 Å². The molecule has 0 fully saturated rings. The number of halogens is 3.